The monoisotopic (exact) mass is 386 g/mol. The number of nitrogens with one attached hydrogen (secondary N) is 2. The molecule has 0 saturated heterocycles. The van der Waals surface area contributed by atoms with Crippen LogP contribution >= 0.6 is 15.9 Å². The molecule has 2 aromatic heterocycles. The summed E-state index contributed by atoms with van der Waals surface area (Å²) in [5, 5.41) is 5.87. The number of aromatic nitrogens is 2. The van der Waals surface area contributed by atoms with Crippen LogP contribution in [0.2, 0.25) is 0 Å². The molecule has 3 aromatic rings. The van der Waals surface area contributed by atoms with Gasteiger partial charge < -0.3 is 15.1 Å². The molecule has 7 heteroatoms. The van der Waals surface area contributed by atoms with E-state index in [2.05, 4.69) is 36.5 Å². The summed E-state index contributed by atoms with van der Waals surface area (Å²) in [4.78, 5) is 20.4. The lowest BCUT2D eigenvalue weighted by atomic mass is 10.2. The fourth-order valence-electron chi connectivity index (χ4n) is 2.05. The average Bonchev–Trinajstić information content (AvgIpc) is 3.10. The van der Waals surface area contributed by atoms with Gasteiger partial charge in [-0.1, -0.05) is 15.9 Å². The summed E-state index contributed by atoms with van der Waals surface area (Å²) >= 11 is 3.46. The topological polar surface area (TPSA) is 80.0 Å². The van der Waals surface area contributed by atoms with Crippen molar-refractivity contribution in [2.45, 2.75) is 13.5 Å². The average molecular weight is 387 g/mol. The van der Waals surface area contributed by atoms with Crippen molar-refractivity contribution in [2.75, 3.05) is 5.32 Å². The molecule has 0 atom stereocenters. The molecule has 0 aliphatic carbocycles. The molecule has 2 heterocycles. The predicted molar refractivity (Wildman–Crippen MR) is 94.1 cm³/mol. The zero-order valence-electron chi connectivity index (χ0n) is 12.9. The van der Waals surface area contributed by atoms with E-state index in [1.54, 1.807) is 18.4 Å². The van der Waals surface area contributed by atoms with Gasteiger partial charge >= 0.3 is 0 Å². The number of hydrogen-bond donors (Lipinski definition) is 2. The van der Waals surface area contributed by atoms with Crippen molar-refractivity contribution in [1.82, 2.24) is 15.3 Å². The van der Waals surface area contributed by atoms with Crippen molar-refractivity contribution >= 4 is 33.3 Å². The number of amides is 1. The van der Waals surface area contributed by atoms with Gasteiger partial charge in [-0.15, -0.1) is 0 Å². The first kappa shape index (κ1) is 16.2. The van der Waals surface area contributed by atoms with Gasteiger partial charge in [-0.3, -0.25) is 4.79 Å². The second kappa shape index (κ2) is 7.27. The summed E-state index contributed by atoms with van der Waals surface area (Å²) in [6.45, 7) is 2.32. The molecule has 0 unspecified atom stereocenters. The molecule has 3 rings (SSSR count). The fraction of sp³-hybridized carbons (Fsp3) is 0.118. The minimum absolute atomic E-state index is 0.249. The Morgan fingerprint density at radius 1 is 1.25 bits per heavy atom. The molecule has 0 radical (unpaired) electrons. The minimum atomic E-state index is -0.301. The smallest absolute Gasteiger partial charge is 0.271 e. The summed E-state index contributed by atoms with van der Waals surface area (Å²) in [5.41, 5.74) is 2.26. The molecule has 1 aromatic carbocycles. The number of nitrogens with zero attached hydrogens (tertiary/aromatic N) is 2. The maximum atomic E-state index is 12.0. The van der Waals surface area contributed by atoms with Crippen molar-refractivity contribution < 1.29 is 9.21 Å². The van der Waals surface area contributed by atoms with Crippen LogP contribution in [0.15, 0.2) is 57.9 Å². The van der Waals surface area contributed by atoms with E-state index in [0.717, 1.165) is 15.7 Å². The number of furan rings is 1. The second-order valence-electron chi connectivity index (χ2n) is 5.14. The standard InChI is InChI=1S/C17H15BrN4O2/c1-11-7-12(4-5-14(11)18)22-16-10-19-15(9-20-16)17(23)21-8-13-3-2-6-24-13/h2-7,9-10H,8H2,1H3,(H,20,22)(H,21,23). The Morgan fingerprint density at radius 3 is 2.79 bits per heavy atom. The minimum Gasteiger partial charge on any atom is -0.467 e. The van der Waals surface area contributed by atoms with Gasteiger partial charge in [0.1, 0.15) is 17.3 Å². The van der Waals surface area contributed by atoms with Crippen LogP contribution in [-0.4, -0.2) is 15.9 Å². The number of aryl methyl sites for hydroxylation is 1. The van der Waals surface area contributed by atoms with Crippen molar-refractivity contribution in [3.8, 4) is 0 Å². The largest absolute Gasteiger partial charge is 0.467 e. The van der Waals surface area contributed by atoms with E-state index in [4.69, 9.17) is 4.42 Å². The van der Waals surface area contributed by atoms with E-state index in [1.165, 1.54) is 12.4 Å². The summed E-state index contributed by atoms with van der Waals surface area (Å²) in [5.74, 6) is 0.949. The molecule has 122 valence electrons. The van der Waals surface area contributed by atoms with Gasteiger partial charge in [-0.25, -0.2) is 9.97 Å². The first-order chi connectivity index (χ1) is 11.6. The number of hydrogen-bond acceptors (Lipinski definition) is 5. The molecule has 0 aliphatic rings. The first-order valence-corrected chi connectivity index (χ1v) is 8.07. The molecule has 0 aliphatic heterocycles. The Hall–Kier alpha value is -2.67. The summed E-state index contributed by atoms with van der Waals surface area (Å²) in [7, 11) is 0. The van der Waals surface area contributed by atoms with Gasteiger partial charge in [0.2, 0.25) is 0 Å². The number of benzene rings is 1. The lowest BCUT2D eigenvalue weighted by Crippen LogP contribution is -2.23. The Kier molecular flexibility index (Phi) is 4.90. The van der Waals surface area contributed by atoms with Gasteiger partial charge in [0.05, 0.1) is 25.2 Å². The van der Waals surface area contributed by atoms with E-state index < -0.39 is 0 Å². The molecule has 2 N–H and O–H groups in total. The van der Waals surface area contributed by atoms with Gasteiger partial charge in [0.15, 0.2) is 0 Å². The molecular weight excluding hydrogens is 372 g/mol. The van der Waals surface area contributed by atoms with Crippen LogP contribution in [0.25, 0.3) is 0 Å². The van der Waals surface area contributed by atoms with E-state index in [9.17, 15) is 4.79 Å². The molecular formula is C17H15BrN4O2. The zero-order valence-corrected chi connectivity index (χ0v) is 14.5. The molecule has 0 saturated carbocycles. The van der Waals surface area contributed by atoms with Crippen molar-refractivity contribution in [2.24, 2.45) is 0 Å². The van der Waals surface area contributed by atoms with Crippen LogP contribution in [0.3, 0.4) is 0 Å². The van der Waals surface area contributed by atoms with Gasteiger partial charge in [0, 0.05) is 10.2 Å². The molecule has 1 amide bonds. The summed E-state index contributed by atoms with van der Waals surface area (Å²) in [6.07, 6.45) is 4.52. The van der Waals surface area contributed by atoms with Crippen LogP contribution < -0.4 is 10.6 Å². The number of rotatable bonds is 5. The van der Waals surface area contributed by atoms with Crippen molar-refractivity contribution in [1.29, 1.82) is 0 Å². The van der Waals surface area contributed by atoms with Crippen LogP contribution in [0.5, 0.6) is 0 Å². The highest BCUT2D eigenvalue weighted by atomic mass is 79.9. The first-order valence-electron chi connectivity index (χ1n) is 7.27. The van der Waals surface area contributed by atoms with E-state index in [1.807, 2.05) is 25.1 Å². The van der Waals surface area contributed by atoms with Crippen LogP contribution in [0.1, 0.15) is 21.8 Å². The quantitative estimate of drug-likeness (QED) is 0.696. The third-order valence-corrected chi connectivity index (χ3v) is 4.21. The van der Waals surface area contributed by atoms with E-state index >= 15 is 0 Å². The van der Waals surface area contributed by atoms with Gasteiger partial charge in [-0.05, 0) is 42.8 Å². The third kappa shape index (κ3) is 3.99. The fourth-order valence-corrected chi connectivity index (χ4v) is 2.30. The summed E-state index contributed by atoms with van der Waals surface area (Å²) in [6, 6.07) is 9.45. The lowest BCUT2D eigenvalue weighted by molar-refractivity contribution is 0.0942. The second-order valence-corrected chi connectivity index (χ2v) is 5.99. The van der Waals surface area contributed by atoms with Crippen LogP contribution in [0, 0.1) is 6.92 Å². The number of carbonyl (C=O) groups excluding carboxylic acids is 1. The van der Waals surface area contributed by atoms with Crippen molar-refractivity contribution in [3.05, 3.63) is 70.5 Å². The highest BCUT2D eigenvalue weighted by Crippen LogP contribution is 2.22. The highest BCUT2D eigenvalue weighted by Gasteiger charge is 2.09. The Bertz CT molecular complexity index is 832. The third-order valence-electron chi connectivity index (χ3n) is 3.32. The molecule has 0 spiro atoms. The van der Waals surface area contributed by atoms with E-state index in [0.29, 0.717) is 18.1 Å². The molecule has 0 bridgehead atoms. The zero-order chi connectivity index (χ0) is 16.9. The number of anilines is 2. The lowest BCUT2D eigenvalue weighted by Gasteiger charge is -2.08. The van der Waals surface area contributed by atoms with E-state index in [-0.39, 0.29) is 11.6 Å². The van der Waals surface area contributed by atoms with Crippen LogP contribution in [0.4, 0.5) is 11.5 Å². The van der Waals surface area contributed by atoms with Crippen molar-refractivity contribution in [3.63, 3.8) is 0 Å². The van der Waals surface area contributed by atoms with Gasteiger partial charge in [0.25, 0.3) is 5.91 Å². The maximum absolute atomic E-state index is 12.0. The maximum Gasteiger partial charge on any atom is 0.271 e. The SMILES string of the molecule is Cc1cc(Nc2cnc(C(=O)NCc3ccco3)cn2)ccc1Br. The van der Waals surface area contributed by atoms with Crippen LogP contribution in [-0.2, 0) is 6.54 Å². The molecule has 6 nitrogen and oxygen atoms in total. The molecule has 24 heavy (non-hydrogen) atoms. The predicted octanol–water partition coefficient (Wildman–Crippen LogP) is 3.81. The Balaban J connectivity index is 1.62. The van der Waals surface area contributed by atoms with Gasteiger partial charge in [-0.2, -0.15) is 0 Å². The summed E-state index contributed by atoms with van der Waals surface area (Å²) < 4.78 is 6.20. The number of halogens is 1. The molecule has 0 fully saturated rings. The Labute approximate surface area is 147 Å². The highest BCUT2D eigenvalue weighted by molar-refractivity contribution is 9.10. The Morgan fingerprint density at radius 2 is 2.12 bits per heavy atom. The normalized spacial score (nSPS) is 10.4. The number of carbonyl (C=O) groups is 1.